The number of nitrogens with one attached hydrogen (secondary N) is 1. The van der Waals surface area contributed by atoms with Gasteiger partial charge >= 0.3 is 0 Å². The van der Waals surface area contributed by atoms with E-state index in [0.717, 1.165) is 28.6 Å². The number of anilines is 1. The molecule has 0 amide bonds. The van der Waals surface area contributed by atoms with Crippen molar-refractivity contribution in [2.75, 3.05) is 18.0 Å². The number of hydrogen-bond acceptors (Lipinski definition) is 8. The molecular formula is C22H18F2N10. The van der Waals surface area contributed by atoms with Crippen LogP contribution in [0.2, 0.25) is 0 Å². The first-order valence-electron chi connectivity index (χ1n) is 10.6. The van der Waals surface area contributed by atoms with Crippen molar-refractivity contribution in [2.24, 2.45) is 5.92 Å². The largest absolute Gasteiger partial charge is 0.355 e. The lowest BCUT2D eigenvalue weighted by Crippen LogP contribution is -2.26. The fourth-order valence-electron chi connectivity index (χ4n) is 4.51. The quantitative estimate of drug-likeness (QED) is 0.462. The molecule has 2 unspecified atom stereocenters. The minimum absolute atomic E-state index is 0.00147. The summed E-state index contributed by atoms with van der Waals surface area (Å²) in [5, 5.41) is 24.3. The van der Waals surface area contributed by atoms with E-state index >= 15 is 0 Å². The molecular weight excluding hydrogens is 442 g/mol. The van der Waals surface area contributed by atoms with Crippen LogP contribution in [-0.4, -0.2) is 47.8 Å². The molecule has 0 aromatic carbocycles. The van der Waals surface area contributed by atoms with Crippen LogP contribution in [0.3, 0.4) is 0 Å². The third kappa shape index (κ3) is 3.69. The number of hydrogen-bond donors (Lipinski definition) is 1. The zero-order valence-electron chi connectivity index (χ0n) is 17.8. The molecule has 1 aliphatic heterocycles. The van der Waals surface area contributed by atoms with Gasteiger partial charge in [-0.25, -0.2) is 28.7 Å². The van der Waals surface area contributed by atoms with Gasteiger partial charge in [-0.15, -0.1) is 0 Å². The smallest absolute Gasteiger partial charge is 0.281 e. The lowest BCUT2D eigenvalue weighted by molar-refractivity contribution is 0.145. The molecule has 4 aromatic heterocycles. The van der Waals surface area contributed by atoms with Crippen molar-refractivity contribution in [3.05, 3.63) is 48.6 Å². The number of aromatic nitrogens is 7. The molecule has 0 radical (unpaired) electrons. The molecule has 4 aromatic rings. The van der Waals surface area contributed by atoms with Crippen LogP contribution in [0.5, 0.6) is 0 Å². The highest BCUT2D eigenvalue weighted by Gasteiger charge is 2.34. The summed E-state index contributed by atoms with van der Waals surface area (Å²) < 4.78 is 28.4. The monoisotopic (exact) mass is 460 g/mol. The minimum Gasteiger partial charge on any atom is -0.355 e. The van der Waals surface area contributed by atoms with Gasteiger partial charge in [-0.05, 0) is 12.5 Å². The van der Waals surface area contributed by atoms with Gasteiger partial charge in [0.25, 0.3) is 6.43 Å². The summed E-state index contributed by atoms with van der Waals surface area (Å²) in [7, 11) is 0. The molecule has 0 spiro atoms. The molecule has 0 bridgehead atoms. The summed E-state index contributed by atoms with van der Waals surface area (Å²) in [4.78, 5) is 21.2. The van der Waals surface area contributed by atoms with Gasteiger partial charge in [0.05, 0.1) is 30.4 Å². The SMILES string of the molecule is N#CCC(C1CCN(c2ncnc(C(F)F)c2C#N)C1)n1cc(-c2ncnc3[nH]ccc23)cn1. The first-order chi connectivity index (χ1) is 16.6. The molecule has 1 saturated heterocycles. The Hall–Kier alpha value is -4.45. The molecule has 5 rings (SSSR count). The van der Waals surface area contributed by atoms with E-state index in [-0.39, 0.29) is 29.8 Å². The summed E-state index contributed by atoms with van der Waals surface area (Å²) in [6, 6.07) is 5.71. The van der Waals surface area contributed by atoms with Crippen LogP contribution in [0.4, 0.5) is 14.6 Å². The Labute approximate surface area is 192 Å². The second-order valence-corrected chi connectivity index (χ2v) is 7.97. The number of aromatic amines is 1. The van der Waals surface area contributed by atoms with E-state index < -0.39 is 12.1 Å². The average molecular weight is 460 g/mol. The van der Waals surface area contributed by atoms with E-state index in [1.54, 1.807) is 22.0 Å². The minimum atomic E-state index is -2.86. The third-order valence-corrected chi connectivity index (χ3v) is 6.11. The van der Waals surface area contributed by atoms with Crippen LogP contribution in [0, 0.1) is 28.6 Å². The number of H-pyrrole nitrogens is 1. The number of nitriles is 2. The predicted molar refractivity (Wildman–Crippen MR) is 116 cm³/mol. The zero-order valence-corrected chi connectivity index (χ0v) is 17.8. The number of rotatable bonds is 6. The lowest BCUT2D eigenvalue weighted by atomic mass is 9.96. The molecule has 10 nitrogen and oxygen atoms in total. The fraction of sp³-hybridized carbons (Fsp3) is 0.318. The Bertz CT molecular complexity index is 1410. The van der Waals surface area contributed by atoms with Crippen molar-refractivity contribution in [1.82, 2.24) is 34.7 Å². The van der Waals surface area contributed by atoms with E-state index in [2.05, 4.69) is 36.1 Å². The molecule has 5 heterocycles. The molecule has 34 heavy (non-hydrogen) atoms. The van der Waals surface area contributed by atoms with Gasteiger partial charge in [-0.1, -0.05) is 0 Å². The summed E-state index contributed by atoms with van der Waals surface area (Å²) in [6.45, 7) is 0.969. The summed E-state index contributed by atoms with van der Waals surface area (Å²) >= 11 is 0. The third-order valence-electron chi connectivity index (χ3n) is 6.11. The maximum absolute atomic E-state index is 13.3. The molecule has 0 saturated carbocycles. The van der Waals surface area contributed by atoms with Gasteiger partial charge in [0.2, 0.25) is 0 Å². The summed E-state index contributed by atoms with van der Waals surface area (Å²) in [5.41, 5.74) is 1.48. The maximum Gasteiger partial charge on any atom is 0.281 e. The van der Waals surface area contributed by atoms with Gasteiger partial charge in [-0.2, -0.15) is 15.6 Å². The average Bonchev–Trinajstić information content (AvgIpc) is 3.62. The topological polar surface area (TPSA) is 136 Å². The van der Waals surface area contributed by atoms with Crippen LogP contribution in [0.15, 0.2) is 37.3 Å². The van der Waals surface area contributed by atoms with Gasteiger partial charge in [-0.3, -0.25) is 4.68 Å². The van der Waals surface area contributed by atoms with Crippen molar-refractivity contribution in [3.63, 3.8) is 0 Å². The van der Waals surface area contributed by atoms with Crippen LogP contribution in [0.1, 0.15) is 36.6 Å². The second kappa shape index (κ2) is 8.83. The Morgan fingerprint density at radius 3 is 2.82 bits per heavy atom. The summed E-state index contributed by atoms with van der Waals surface area (Å²) in [6.07, 6.45) is 5.95. The first-order valence-corrected chi connectivity index (χ1v) is 10.6. The molecule has 0 aliphatic carbocycles. The van der Waals surface area contributed by atoms with Gasteiger partial charge in [0.1, 0.15) is 41.4 Å². The second-order valence-electron chi connectivity index (χ2n) is 7.97. The predicted octanol–water partition coefficient (Wildman–Crippen LogP) is 3.40. The zero-order chi connectivity index (χ0) is 23.7. The standard InChI is InChI=1S/C22H18F2N10/c23-20(24)19-16(7-26)22(31-12-29-19)33-6-3-13(9-33)17(1-4-25)34-10-14(8-32-34)18-15-2-5-27-21(15)30-11-28-18/h2,5,8,10-13,17,20H,1,3,6,9H2,(H,27,28,30). The number of alkyl halides is 2. The Morgan fingerprint density at radius 2 is 2.03 bits per heavy atom. The molecule has 1 fully saturated rings. The highest BCUT2D eigenvalue weighted by molar-refractivity contribution is 5.89. The van der Waals surface area contributed by atoms with Gasteiger partial charge in [0, 0.05) is 42.4 Å². The molecule has 1 aliphatic rings. The Morgan fingerprint density at radius 1 is 1.18 bits per heavy atom. The molecule has 1 N–H and O–H groups in total. The lowest BCUT2D eigenvalue weighted by Gasteiger charge is -2.23. The van der Waals surface area contributed by atoms with Crippen LogP contribution >= 0.6 is 0 Å². The van der Waals surface area contributed by atoms with Crippen molar-refractivity contribution in [2.45, 2.75) is 25.3 Å². The highest BCUT2D eigenvalue weighted by atomic mass is 19.3. The van der Waals surface area contributed by atoms with Crippen LogP contribution in [-0.2, 0) is 0 Å². The highest BCUT2D eigenvalue weighted by Crippen LogP contribution is 2.35. The summed E-state index contributed by atoms with van der Waals surface area (Å²) in [5.74, 6) is 0.199. The van der Waals surface area contributed by atoms with Crippen LogP contribution in [0.25, 0.3) is 22.3 Å². The molecule has 2 atom stereocenters. The van der Waals surface area contributed by atoms with Crippen molar-refractivity contribution in [1.29, 1.82) is 10.5 Å². The van der Waals surface area contributed by atoms with E-state index in [4.69, 9.17) is 0 Å². The maximum atomic E-state index is 13.3. The molecule has 170 valence electrons. The Balaban J connectivity index is 1.42. The van der Waals surface area contributed by atoms with E-state index in [1.165, 1.54) is 6.33 Å². The van der Waals surface area contributed by atoms with Crippen molar-refractivity contribution < 1.29 is 8.78 Å². The number of halogens is 2. The van der Waals surface area contributed by atoms with Gasteiger partial charge in [0.15, 0.2) is 0 Å². The molecule has 12 heteroatoms. The Kier molecular flexibility index (Phi) is 5.55. The fourth-order valence-corrected chi connectivity index (χ4v) is 4.51. The first kappa shape index (κ1) is 21.4. The van der Waals surface area contributed by atoms with Crippen molar-refractivity contribution >= 4 is 16.9 Å². The van der Waals surface area contributed by atoms with Gasteiger partial charge < -0.3 is 9.88 Å². The normalized spacial score (nSPS) is 16.6. The van der Waals surface area contributed by atoms with E-state index in [1.807, 2.05) is 18.3 Å². The van der Waals surface area contributed by atoms with E-state index in [0.29, 0.717) is 19.5 Å². The van der Waals surface area contributed by atoms with Crippen molar-refractivity contribution in [3.8, 4) is 23.4 Å². The number of nitrogens with zero attached hydrogens (tertiary/aromatic N) is 9. The number of fused-ring (bicyclic) bond motifs is 1. The van der Waals surface area contributed by atoms with E-state index in [9.17, 15) is 19.3 Å². The van der Waals surface area contributed by atoms with Crippen LogP contribution < -0.4 is 4.90 Å².